The Morgan fingerprint density at radius 3 is 1.37 bits per heavy atom. The van der Waals surface area contributed by atoms with Gasteiger partial charge in [-0.15, -0.1) is 6.42 Å². The number of aryl methyl sites for hydroxylation is 1. The van der Waals surface area contributed by atoms with Crippen LogP contribution in [0.25, 0.3) is 10.9 Å². The van der Waals surface area contributed by atoms with E-state index in [4.69, 9.17) is 22.6 Å². The molecule has 1 aliphatic heterocycles. The number of aromatic nitrogens is 8. The molecule has 4 aliphatic rings. The van der Waals surface area contributed by atoms with Crippen molar-refractivity contribution >= 4 is 116 Å². The van der Waals surface area contributed by atoms with Gasteiger partial charge in [0.15, 0.2) is 0 Å². The molecule has 9 aromatic rings. The first kappa shape index (κ1) is 83.6. The number of amides is 6. The summed E-state index contributed by atoms with van der Waals surface area (Å²) in [5.41, 5.74) is 17.5. The summed E-state index contributed by atoms with van der Waals surface area (Å²) in [7, 11) is 6.22. The summed E-state index contributed by atoms with van der Waals surface area (Å²) < 4.78 is 59.0. The summed E-state index contributed by atoms with van der Waals surface area (Å²) in [6, 6.07) is 28.6. The van der Waals surface area contributed by atoms with Crippen molar-refractivity contribution in [3.63, 3.8) is 0 Å². The van der Waals surface area contributed by atoms with Crippen LogP contribution in [0.3, 0.4) is 0 Å². The van der Waals surface area contributed by atoms with Gasteiger partial charge in [0, 0.05) is 169 Å². The maximum atomic E-state index is 13.4. The maximum Gasteiger partial charge on any atom is 0.272 e. The van der Waals surface area contributed by atoms with Crippen molar-refractivity contribution in [2.45, 2.75) is 133 Å². The molecule has 29 nitrogen and oxygen atoms in total. The largest absolute Gasteiger partial charge is 0.382 e. The number of carbonyl (C=O) groups excluding carboxylic acids is 6. The van der Waals surface area contributed by atoms with Gasteiger partial charge in [0.05, 0.1) is 62.4 Å². The third-order valence-electron chi connectivity index (χ3n) is 19.6. The van der Waals surface area contributed by atoms with Crippen molar-refractivity contribution < 1.29 is 51.1 Å². The number of rotatable bonds is 23. The molecular weight excluding hydrogens is 1470 g/mol. The van der Waals surface area contributed by atoms with E-state index in [9.17, 15) is 46.3 Å². The Morgan fingerprint density at radius 1 is 0.482 bits per heavy atom. The molecule has 0 radical (unpaired) electrons. The second-order valence-corrected chi connectivity index (χ2v) is 27.8. The molecule has 0 spiro atoms. The number of primary amides is 2. The van der Waals surface area contributed by atoms with Gasteiger partial charge in [0.2, 0.25) is 17.7 Å². The van der Waals surface area contributed by atoms with E-state index in [1.165, 1.54) is 44.8 Å². The van der Waals surface area contributed by atoms with Crippen LogP contribution in [-0.4, -0.2) is 147 Å². The van der Waals surface area contributed by atoms with Crippen molar-refractivity contribution in [3.05, 3.63) is 179 Å². The molecule has 6 amide bonds. The van der Waals surface area contributed by atoms with Crippen LogP contribution in [0.1, 0.15) is 149 Å². The molecule has 8 aromatic heterocycles. The van der Waals surface area contributed by atoms with Crippen LogP contribution in [0.15, 0.2) is 140 Å². The number of hydrogen-bond donors (Lipinski definition) is 14. The highest BCUT2D eigenvalue weighted by Gasteiger charge is 2.37. The molecule has 3 saturated carbocycles. The van der Waals surface area contributed by atoms with Crippen LogP contribution >= 0.6 is 0 Å². The van der Waals surface area contributed by atoms with E-state index in [-0.39, 0.29) is 89.9 Å². The third kappa shape index (κ3) is 23.4. The summed E-state index contributed by atoms with van der Waals surface area (Å²) in [6.07, 6.45) is 23.7. The fraction of sp³-hybridized carbons (Fsp3) is 0.358. The number of pyridine rings is 8. The van der Waals surface area contributed by atoms with Gasteiger partial charge < -0.3 is 80.0 Å². The normalized spacial score (nSPS) is 17.1. The van der Waals surface area contributed by atoms with E-state index in [0.717, 1.165) is 99.9 Å². The number of nitrogens with one attached hydrogen (secondary N) is 12. The average molecular weight is 1560 g/mol. The Labute approximate surface area is 657 Å². The zero-order valence-electron chi connectivity index (χ0n) is 64.0. The van der Waals surface area contributed by atoms with E-state index in [0.29, 0.717) is 111 Å². The van der Waals surface area contributed by atoms with Gasteiger partial charge in [0.25, 0.3) is 29.6 Å². The monoisotopic (exact) mass is 1560 g/mol. The number of hydrogen-bond acceptors (Lipinski definition) is 23. The molecule has 13 rings (SSSR count). The summed E-state index contributed by atoms with van der Waals surface area (Å²) in [6.45, 7) is 4.22. The highest BCUT2D eigenvalue weighted by Crippen LogP contribution is 2.37. The zero-order valence-corrected chi connectivity index (χ0v) is 64.0. The lowest BCUT2D eigenvalue weighted by Gasteiger charge is -2.31. The maximum absolute atomic E-state index is 13.4. The second kappa shape index (κ2) is 39.4. The fourth-order valence-electron chi connectivity index (χ4n) is 13.3. The minimum Gasteiger partial charge on any atom is -0.382 e. The number of fused-ring (bicyclic) bond motifs is 1. The third-order valence-corrected chi connectivity index (χ3v) is 19.6. The van der Waals surface area contributed by atoms with Crippen LogP contribution in [0.4, 0.5) is 86.9 Å². The Balaban J connectivity index is 0.000000161. The van der Waals surface area contributed by atoms with E-state index >= 15 is 0 Å². The molecule has 3 aliphatic carbocycles. The molecule has 4 fully saturated rings. The molecule has 4 atom stereocenters. The van der Waals surface area contributed by atoms with Crippen LogP contribution in [0.2, 0.25) is 0 Å². The summed E-state index contributed by atoms with van der Waals surface area (Å²) in [5, 5.41) is 37.2. The highest BCUT2D eigenvalue weighted by atomic mass is 19.3. The van der Waals surface area contributed by atoms with Crippen LogP contribution in [0, 0.1) is 31.1 Å². The average Bonchev–Trinajstić information content (AvgIpc) is 0.900. The number of carbonyl (C=O) groups is 6. The highest BCUT2D eigenvalue weighted by molar-refractivity contribution is 6.02. The number of anilines is 12. The lowest BCUT2D eigenvalue weighted by Crippen LogP contribution is -2.41. The van der Waals surface area contributed by atoms with Crippen LogP contribution in [0.5, 0.6) is 0 Å². The van der Waals surface area contributed by atoms with Crippen molar-refractivity contribution in [1.82, 2.24) is 61.1 Å². The lowest BCUT2D eigenvalue weighted by atomic mass is 9.84. The first-order chi connectivity index (χ1) is 54.8. The van der Waals surface area contributed by atoms with Gasteiger partial charge in [-0.3, -0.25) is 28.8 Å². The van der Waals surface area contributed by atoms with Gasteiger partial charge >= 0.3 is 0 Å². The number of terminal acetylenes is 1. The van der Waals surface area contributed by atoms with E-state index in [2.05, 4.69) is 110 Å². The number of nitrogens with two attached hydrogens (primary N) is 2. The first-order valence-electron chi connectivity index (χ1n) is 37.4. The van der Waals surface area contributed by atoms with Crippen LogP contribution < -0.4 is 75.3 Å². The zero-order chi connectivity index (χ0) is 81.5. The number of para-hydroxylation sites is 1. The SMILES string of the molecule is C#Cc1ccnc(Nc2cc(NC3CCC(F)(F)CC3)c(C(=O)NC)cn2)c1.CNC(=O)c1cnc(Nc2ccc(C(C)(F)F)cn2)cc1N[C@H]1CCCC[C@H]1C(N)=O.CNC(=O)c1cnc(Nc2ccc(C)cn2)cc1N[C@H]1CCC[C@H]1C(N)=O.CNC(=O)c1cnc(Nc2ccc3ccccc3n2)cc1NC1CCOCC1. The summed E-state index contributed by atoms with van der Waals surface area (Å²) in [4.78, 5) is 107. The minimum absolute atomic E-state index is 0.0985. The smallest absolute Gasteiger partial charge is 0.272 e. The molecule has 0 unspecified atom stereocenters. The topological polar surface area (TPSA) is 411 Å². The molecule has 114 heavy (non-hydrogen) atoms. The van der Waals surface area contributed by atoms with Gasteiger partial charge in [-0.1, -0.05) is 49.4 Å². The predicted molar refractivity (Wildman–Crippen MR) is 431 cm³/mol. The molecular formula is C81H94F4N22O7. The minimum atomic E-state index is -2.98. The second-order valence-electron chi connectivity index (χ2n) is 27.8. The standard InChI is InChI=1S/C21H26F2N6O2.C21H23N5O2.C20H21F2N5O.C19H24N6O2/c1-21(22,23)12-7-8-17(26-10-12)29-18-9-16(14(11-27-18)20(31)25-2)28-15-6-4-3-5-13(15)19(24)30;1-22-21(27)16-13-23-20(12-18(16)24-15-8-10-28-11-9-15)26-19-7-6-14-4-2-3-5-17(14)25-19;1-3-13-6-9-24-17(10-13)27-18-11-16(15(12-25-18)19(28)23-2)26-14-4-7-20(21,22)8-5-14;1-11-6-7-16(22-9-11)25-17-8-15(13(10-23-17)19(27)21-2)24-14-5-3-4-12(14)18(20)26/h7-11,13,15H,3-6H2,1-2H3,(H2,24,30)(H,25,31)(H2,26,27,28,29);2-7,12-13,15H,8-11H2,1H3,(H,22,27)(H2,23,24,25,26);1,6,9-12,14H,4-5,7-8H2,2H3,(H,23,28)(H2,24,25,26,27);6-10,12,14H,3-5H2,1-2H3,(H2,20,26)(H,21,27)(H2,22,23,24,25)/t13-,15+;;;12-,14+/m1..1/s1. The van der Waals surface area contributed by atoms with Gasteiger partial charge in [-0.05, 0) is 112 Å². The molecule has 1 aromatic carbocycles. The van der Waals surface area contributed by atoms with E-state index < -0.39 is 11.8 Å². The number of alkyl halides is 4. The first-order valence-corrected chi connectivity index (χ1v) is 37.4. The van der Waals surface area contributed by atoms with Crippen molar-refractivity contribution in [2.75, 3.05) is 83.9 Å². The number of nitrogens with zero attached hydrogens (tertiary/aromatic N) is 8. The molecule has 0 bridgehead atoms. The predicted octanol–water partition coefficient (Wildman–Crippen LogP) is 12.0. The van der Waals surface area contributed by atoms with Crippen molar-refractivity contribution in [1.29, 1.82) is 0 Å². The molecule has 9 heterocycles. The van der Waals surface area contributed by atoms with E-state index in [1.807, 2.05) is 61.5 Å². The van der Waals surface area contributed by atoms with E-state index in [1.54, 1.807) is 63.0 Å². The molecule has 33 heteroatoms. The summed E-state index contributed by atoms with van der Waals surface area (Å²) >= 11 is 0. The van der Waals surface area contributed by atoms with Gasteiger partial charge in [-0.25, -0.2) is 57.4 Å². The Morgan fingerprint density at radius 2 is 0.904 bits per heavy atom. The van der Waals surface area contributed by atoms with Crippen LogP contribution in [-0.2, 0) is 20.2 Å². The van der Waals surface area contributed by atoms with Crippen molar-refractivity contribution in [2.24, 2.45) is 23.3 Å². The molecule has 1 saturated heterocycles. The van der Waals surface area contributed by atoms with Crippen molar-refractivity contribution in [3.8, 4) is 12.3 Å². The van der Waals surface area contributed by atoms with Gasteiger partial charge in [-0.2, -0.15) is 0 Å². The number of halogens is 4. The number of ether oxygens (including phenoxy) is 1. The lowest BCUT2D eigenvalue weighted by molar-refractivity contribution is -0.123. The fourth-order valence-corrected chi connectivity index (χ4v) is 13.3. The van der Waals surface area contributed by atoms with Gasteiger partial charge in [0.1, 0.15) is 46.5 Å². The molecule has 16 N–H and O–H groups in total. The summed E-state index contributed by atoms with van der Waals surface area (Å²) in [5.74, 6) is -1.19. The number of benzene rings is 1. The molecule has 598 valence electrons. The Kier molecular flexibility index (Phi) is 28.9. The Hall–Kier alpha value is -12.9. The quantitative estimate of drug-likeness (QED) is 0.0209. The Bertz CT molecular complexity index is 4880.